The molecule has 3 aromatic rings. The second-order valence-corrected chi connectivity index (χ2v) is 12.5. The summed E-state index contributed by atoms with van der Waals surface area (Å²) < 4.78 is 27.7. The Morgan fingerprint density at radius 3 is 2.31 bits per heavy atom. The molecule has 0 aliphatic carbocycles. The minimum atomic E-state index is -3.87. The van der Waals surface area contributed by atoms with Crippen molar-refractivity contribution in [3.05, 3.63) is 99.0 Å². The zero-order chi connectivity index (χ0) is 28.6. The molecule has 208 valence electrons. The highest BCUT2D eigenvalue weighted by Crippen LogP contribution is 2.28. The zero-order valence-electron chi connectivity index (χ0n) is 22.2. The Balaban J connectivity index is 2.07. The Morgan fingerprint density at radius 1 is 1.00 bits per heavy atom. The fraction of sp³-hybridized carbons (Fsp3) is 0.310. The molecule has 1 N–H and O–H groups in total. The van der Waals surface area contributed by atoms with Gasteiger partial charge in [-0.15, -0.1) is 0 Å². The molecule has 39 heavy (non-hydrogen) atoms. The molecule has 0 spiro atoms. The molecular weight excluding hydrogens is 602 g/mol. The topological polar surface area (TPSA) is 86.8 Å². The van der Waals surface area contributed by atoms with Gasteiger partial charge in [-0.25, -0.2) is 8.42 Å². The van der Waals surface area contributed by atoms with E-state index in [9.17, 15) is 18.0 Å². The third-order valence-electron chi connectivity index (χ3n) is 6.25. The van der Waals surface area contributed by atoms with Gasteiger partial charge in [-0.2, -0.15) is 0 Å². The normalized spacial score (nSPS) is 12.0. The molecule has 0 bridgehead atoms. The molecule has 1 atom stereocenters. The van der Waals surface area contributed by atoms with Gasteiger partial charge in [0.1, 0.15) is 12.6 Å². The zero-order valence-corrected chi connectivity index (χ0v) is 25.4. The molecule has 0 radical (unpaired) electrons. The van der Waals surface area contributed by atoms with Crippen molar-refractivity contribution in [3.8, 4) is 0 Å². The minimum Gasteiger partial charge on any atom is -0.354 e. The van der Waals surface area contributed by atoms with Gasteiger partial charge in [-0.1, -0.05) is 83.0 Å². The van der Waals surface area contributed by atoms with Gasteiger partial charge in [0.15, 0.2) is 0 Å². The van der Waals surface area contributed by atoms with Crippen molar-refractivity contribution < 1.29 is 18.0 Å². The van der Waals surface area contributed by atoms with Gasteiger partial charge in [0.25, 0.3) is 0 Å². The van der Waals surface area contributed by atoms with Crippen LogP contribution >= 0.6 is 27.5 Å². The summed E-state index contributed by atoms with van der Waals surface area (Å²) in [6.45, 7) is 3.74. The third kappa shape index (κ3) is 8.55. The molecule has 0 saturated heterocycles. The summed E-state index contributed by atoms with van der Waals surface area (Å²) in [5.74, 6) is -0.804. The number of hydrogen-bond donors (Lipinski definition) is 1. The molecule has 3 aromatic carbocycles. The van der Waals surface area contributed by atoms with Gasteiger partial charge in [-0.3, -0.25) is 13.9 Å². The monoisotopic (exact) mass is 633 g/mol. The van der Waals surface area contributed by atoms with Crippen molar-refractivity contribution in [2.75, 3.05) is 23.7 Å². The van der Waals surface area contributed by atoms with E-state index in [1.54, 1.807) is 25.1 Å². The summed E-state index contributed by atoms with van der Waals surface area (Å²) in [4.78, 5) is 29.0. The molecule has 0 saturated carbocycles. The Bertz CT molecular complexity index is 1400. The van der Waals surface area contributed by atoms with E-state index in [0.717, 1.165) is 32.6 Å². The van der Waals surface area contributed by atoms with Crippen LogP contribution in [0.15, 0.2) is 77.3 Å². The molecule has 3 rings (SSSR count). The number of sulfonamides is 1. The number of nitrogens with zero attached hydrogens (tertiary/aromatic N) is 2. The van der Waals surface area contributed by atoms with Crippen LogP contribution in [-0.4, -0.2) is 50.5 Å². The van der Waals surface area contributed by atoms with E-state index in [4.69, 9.17) is 11.6 Å². The summed E-state index contributed by atoms with van der Waals surface area (Å²) >= 11 is 9.76. The SMILES string of the molecule is CCCNC(=O)[C@@H](Cc1ccccc1)N(Cc1cccc(Br)c1)C(=O)CN(c1cccc(Cl)c1C)S(C)(=O)=O. The van der Waals surface area contributed by atoms with E-state index in [-0.39, 0.29) is 18.9 Å². The largest absolute Gasteiger partial charge is 0.354 e. The maximum absolute atomic E-state index is 14.1. The van der Waals surface area contributed by atoms with Crippen LogP contribution < -0.4 is 9.62 Å². The second kappa shape index (κ2) is 14.0. The lowest BCUT2D eigenvalue weighted by Crippen LogP contribution is -2.53. The molecule has 7 nitrogen and oxygen atoms in total. The van der Waals surface area contributed by atoms with E-state index in [2.05, 4.69) is 21.2 Å². The Kier molecular flexibility index (Phi) is 11.0. The average Bonchev–Trinajstić information content (AvgIpc) is 2.89. The molecule has 0 aromatic heterocycles. The number of halogens is 2. The molecule has 2 amide bonds. The number of hydrogen-bond acceptors (Lipinski definition) is 4. The summed E-state index contributed by atoms with van der Waals surface area (Å²) in [6.07, 6.45) is 2.05. The quantitative estimate of drug-likeness (QED) is 0.291. The van der Waals surface area contributed by atoms with Crippen molar-refractivity contribution in [1.82, 2.24) is 10.2 Å². The highest BCUT2D eigenvalue weighted by atomic mass is 79.9. The van der Waals surface area contributed by atoms with Crippen molar-refractivity contribution in [2.24, 2.45) is 0 Å². The summed E-state index contributed by atoms with van der Waals surface area (Å²) in [6, 6.07) is 21.0. The Morgan fingerprint density at radius 2 is 1.67 bits per heavy atom. The standard InChI is InChI=1S/C29H33BrClN3O4S/c1-4-16-32-29(36)27(18-22-10-6-5-7-11-22)33(19-23-12-8-13-24(30)17-23)28(35)20-34(39(3,37)38)26-15-9-14-25(31)21(26)2/h5-15,17,27H,4,16,18-20H2,1-3H3,(H,32,36)/t27-/m1/s1. The average molecular weight is 635 g/mol. The van der Waals surface area contributed by atoms with Gasteiger partial charge in [0.05, 0.1) is 11.9 Å². The number of nitrogens with one attached hydrogen (secondary N) is 1. The first kappa shape index (κ1) is 30.7. The first-order valence-electron chi connectivity index (χ1n) is 12.6. The van der Waals surface area contributed by atoms with Crippen LogP contribution in [0.2, 0.25) is 5.02 Å². The molecular formula is C29H33BrClN3O4S. The molecule has 0 unspecified atom stereocenters. The van der Waals surface area contributed by atoms with E-state index in [1.807, 2.05) is 61.5 Å². The fourth-order valence-corrected chi connectivity index (χ4v) is 5.73. The van der Waals surface area contributed by atoms with Crippen molar-refractivity contribution >= 4 is 55.1 Å². The molecule has 0 heterocycles. The maximum Gasteiger partial charge on any atom is 0.244 e. The van der Waals surface area contributed by atoms with Crippen molar-refractivity contribution in [2.45, 2.75) is 39.3 Å². The molecule has 0 aliphatic heterocycles. The minimum absolute atomic E-state index is 0.113. The van der Waals surface area contributed by atoms with Gasteiger partial charge in [-0.05, 0) is 54.3 Å². The maximum atomic E-state index is 14.1. The number of carbonyl (C=O) groups excluding carboxylic acids is 2. The molecule has 0 fully saturated rings. The summed E-state index contributed by atoms with van der Waals surface area (Å²) in [5, 5.41) is 3.31. The Labute approximate surface area is 244 Å². The highest BCUT2D eigenvalue weighted by Gasteiger charge is 2.33. The van der Waals surface area contributed by atoms with Crippen LogP contribution in [0.4, 0.5) is 5.69 Å². The van der Waals surface area contributed by atoms with Crippen LogP contribution in [0.3, 0.4) is 0 Å². The lowest BCUT2D eigenvalue weighted by Gasteiger charge is -2.34. The number of carbonyl (C=O) groups is 2. The predicted octanol–water partition coefficient (Wildman–Crippen LogP) is 5.34. The number of benzene rings is 3. The highest BCUT2D eigenvalue weighted by molar-refractivity contribution is 9.10. The van der Waals surface area contributed by atoms with Crippen LogP contribution in [0.5, 0.6) is 0 Å². The van der Waals surface area contributed by atoms with Crippen molar-refractivity contribution in [3.63, 3.8) is 0 Å². The number of anilines is 1. The number of rotatable bonds is 12. The van der Waals surface area contributed by atoms with Crippen LogP contribution in [-0.2, 0) is 32.6 Å². The van der Waals surface area contributed by atoms with Gasteiger partial charge < -0.3 is 10.2 Å². The van der Waals surface area contributed by atoms with E-state index < -0.39 is 28.5 Å². The van der Waals surface area contributed by atoms with Gasteiger partial charge in [0.2, 0.25) is 21.8 Å². The van der Waals surface area contributed by atoms with Crippen LogP contribution in [0, 0.1) is 6.92 Å². The fourth-order valence-electron chi connectivity index (χ4n) is 4.21. The molecule has 0 aliphatic rings. The number of amides is 2. The first-order valence-corrected chi connectivity index (χ1v) is 15.6. The first-order chi connectivity index (χ1) is 18.5. The molecule has 10 heteroatoms. The van der Waals surface area contributed by atoms with E-state index in [0.29, 0.717) is 22.8 Å². The van der Waals surface area contributed by atoms with Crippen LogP contribution in [0.25, 0.3) is 0 Å². The summed E-state index contributed by atoms with van der Waals surface area (Å²) in [7, 11) is -3.87. The second-order valence-electron chi connectivity index (χ2n) is 9.30. The van der Waals surface area contributed by atoms with Gasteiger partial charge in [0, 0.05) is 29.0 Å². The Hall–Kier alpha value is -2.88. The van der Waals surface area contributed by atoms with Crippen LogP contribution in [0.1, 0.15) is 30.0 Å². The van der Waals surface area contributed by atoms with Gasteiger partial charge >= 0.3 is 0 Å². The van der Waals surface area contributed by atoms with E-state index in [1.165, 1.54) is 4.90 Å². The smallest absolute Gasteiger partial charge is 0.244 e. The van der Waals surface area contributed by atoms with E-state index >= 15 is 0 Å². The lowest BCUT2D eigenvalue weighted by atomic mass is 10.0. The summed E-state index contributed by atoms with van der Waals surface area (Å²) in [5.41, 5.74) is 2.53. The predicted molar refractivity (Wildman–Crippen MR) is 160 cm³/mol. The lowest BCUT2D eigenvalue weighted by molar-refractivity contribution is -0.140. The third-order valence-corrected chi connectivity index (χ3v) is 8.28. The van der Waals surface area contributed by atoms with Crippen molar-refractivity contribution in [1.29, 1.82) is 0 Å².